The van der Waals surface area contributed by atoms with Gasteiger partial charge in [0, 0.05) is 24.5 Å². The molecule has 1 aliphatic rings. The SMILES string of the molecule is [2H]c1cc([C@H]2C[C@@H]2C(F)F)c2cnn(C)c2n1. The lowest BCUT2D eigenvalue weighted by Crippen LogP contribution is -1.96. The Morgan fingerprint density at radius 3 is 3.12 bits per heavy atom. The highest BCUT2D eigenvalue weighted by Gasteiger charge is 2.45. The highest BCUT2D eigenvalue weighted by molar-refractivity contribution is 5.79. The second-order valence-electron chi connectivity index (χ2n) is 4.19. The molecule has 0 aromatic carbocycles. The monoisotopic (exact) mass is 224 g/mol. The van der Waals surface area contributed by atoms with E-state index in [1.807, 2.05) is 0 Å². The largest absolute Gasteiger partial charge is 0.250 e. The smallest absolute Gasteiger partial charge is 0.242 e. The first-order valence-corrected chi connectivity index (χ1v) is 5.15. The second kappa shape index (κ2) is 3.23. The average molecular weight is 224 g/mol. The third-order valence-electron chi connectivity index (χ3n) is 3.17. The lowest BCUT2D eigenvalue weighted by molar-refractivity contribution is 0.120. The summed E-state index contributed by atoms with van der Waals surface area (Å²) in [6.45, 7) is 0. The van der Waals surface area contributed by atoms with Crippen molar-refractivity contribution in [1.82, 2.24) is 14.8 Å². The molecule has 3 rings (SSSR count). The topological polar surface area (TPSA) is 30.7 Å². The summed E-state index contributed by atoms with van der Waals surface area (Å²) < 4.78 is 34.3. The fourth-order valence-corrected chi connectivity index (χ4v) is 2.17. The Hall–Kier alpha value is -1.52. The molecule has 0 bridgehead atoms. The van der Waals surface area contributed by atoms with Crippen LogP contribution < -0.4 is 0 Å². The molecule has 0 unspecified atom stereocenters. The molecule has 1 saturated carbocycles. The van der Waals surface area contributed by atoms with E-state index < -0.39 is 12.3 Å². The number of hydrogen-bond acceptors (Lipinski definition) is 2. The Bertz CT molecular complexity index is 581. The number of rotatable bonds is 2. The normalized spacial score (nSPS) is 25.1. The number of pyridine rings is 1. The maximum atomic E-state index is 12.6. The van der Waals surface area contributed by atoms with Crippen molar-refractivity contribution in [2.24, 2.45) is 13.0 Å². The number of alkyl halides is 2. The van der Waals surface area contributed by atoms with E-state index in [0.717, 1.165) is 10.9 Å². The van der Waals surface area contributed by atoms with Crippen LogP contribution in [0.25, 0.3) is 11.0 Å². The van der Waals surface area contributed by atoms with Crippen molar-refractivity contribution in [3.05, 3.63) is 24.0 Å². The first kappa shape index (κ1) is 8.61. The Morgan fingerprint density at radius 1 is 1.62 bits per heavy atom. The molecule has 3 nitrogen and oxygen atoms in total. The fraction of sp³-hybridized carbons (Fsp3) is 0.455. The van der Waals surface area contributed by atoms with Crippen LogP contribution in [0.3, 0.4) is 0 Å². The van der Waals surface area contributed by atoms with E-state index in [-0.39, 0.29) is 12.1 Å². The molecule has 0 aliphatic heterocycles. The number of nitrogens with zero attached hydrogens (tertiary/aromatic N) is 3. The van der Waals surface area contributed by atoms with Crippen LogP contribution in [0.15, 0.2) is 18.4 Å². The van der Waals surface area contributed by atoms with E-state index in [9.17, 15) is 8.78 Å². The van der Waals surface area contributed by atoms with E-state index in [4.69, 9.17) is 1.37 Å². The minimum absolute atomic E-state index is 0.107. The van der Waals surface area contributed by atoms with Gasteiger partial charge in [-0.15, -0.1) is 0 Å². The van der Waals surface area contributed by atoms with Crippen LogP contribution in [-0.2, 0) is 7.05 Å². The number of fused-ring (bicyclic) bond motifs is 1. The van der Waals surface area contributed by atoms with Gasteiger partial charge in [0.2, 0.25) is 6.43 Å². The van der Waals surface area contributed by atoms with Gasteiger partial charge >= 0.3 is 0 Å². The van der Waals surface area contributed by atoms with Crippen LogP contribution >= 0.6 is 0 Å². The molecule has 0 amide bonds. The maximum Gasteiger partial charge on any atom is 0.242 e. The molecule has 5 heteroatoms. The molecular weight excluding hydrogens is 212 g/mol. The Kier molecular flexibility index (Phi) is 1.74. The van der Waals surface area contributed by atoms with Crippen molar-refractivity contribution in [1.29, 1.82) is 0 Å². The van der Waals surface area contributed by atoms with Crippen LogP contribution in [0.5, 0.6) is 0 Å². The Morgan fingerprint density at radius 2 is 2.44 bits per heavy atom. The Balaban J connectivity index is 2.11. The molecule has 1 fully saturated rings. The zero-order chi connectivity index (χ0) is 12.2. The number of halogens is 2. The van der Waals surface area contributed by atoms with Crippen LogP contribution in [0, 0.1) is 5.92 Å². The van der Waals surface area contributed by atoms with E-state index in [1.54, 1.807) is 24.0 Å². The number of aromatic nitrogens is 3. The zero-order valence-electron chi connectivity index (χ0n) is 9.69. The minimum atomic E-state index is -2.28. The molecule has 0 saturated heterocycles. The van der Waals surface area contributed by atoms with Gasteiger partial charge in [0.15, 0.2) is 5.65 Å². The lowest BCUT2D eigenvalue weighted by atomic mass is 10.1. The predicted octanol–water partition coefficient (Wildman–Crippen LogP) is 2.34. The van der Waals surface area contributed by atoms with Crippen LogP contribution in [0.2, 0.25) is 0 Å². The van der Waals surface area contributed by atoms with Gasteiger partial charge in [0.1, 0.15) is 0 Å². The molecule has 0 radical (unpaired) electrons. The minimum Gasteiger partial charge on any atom is -0.250 e. The number of hydrogen-bond donors (Lipinski definition) is 0. The van der Waals surface area contributed by atoms with Gasteiger partial charge in [0.25, 0.3) is 0 Å². The summed E-state index contributed by atoms with van der Waals surface area (Å²) in [5.41, 5.74) is 1.38. The van der Waals surface area contributed by atoms with Gasteiger partial charge in [-0.25, -0.2) is 13.8 Å². The van der Waals surface area contributed by atoms with Crippen molar-refractivity contribution in [3.63, 3.8) is 0 Å². The van der Waals surface area contributed by atoms with Crippen molar-refractivity contribution in [3.8, 4) is 0 Å². The van der Waals surface area contributed by atoms with Crippen molar-refractivity contribution in [2.45, 2.75) is 18.8 Å². The molecule has 16 heavy (non-hydrogen) atoms. The van der Waals surface area contributed by atoms with Gasteiger partial charge in [-0.1, -0.05) is 0 Å². The first-order valence-electron chi connectivity index (χ1n) is 5.65. The summed E-state index contributed by atoms with van der Waals surface area (Å²) in [7, 11) is 1.73. The molecule has 2 heterocycles. The molecule has 1 aliphatic carbocycles. The van der Waals surface area contributed by atoms with Crippen molar-refractivity contribution in [2.75, 3.05) is 0 Å². The third kappa shape index (κ3) is 1.31. The quantitative estimate of drug-likeness (QED) is 0.783. The molecule has 2 aromatic rings. The second-order valence-corrected chi connectivity index (χ2v) is 4.19. The number of aryl methyl sites for hydroxylation is 1. The fourth-order valence-electron chi connectivity index (χ4n) is 2.17. The summed E-state index contributed by atoms with van der Waals surface area (Å²) in [4.78, 5) is 4.06. The van der Waals surface area contributed by atoms with E-state index in [2.05, 4.69) is 10.1 Å². The summed E-state index contributed by atoms with van der Waals surface area (Å²) >= 11 is 0. The molecule has 84 valence electrons. The highest BCUT2D eigenvalue weighted by Crippen LogP contribution is 2.52. The van der Waals surface area contributed by atoms with Crippen molar-refractivity contribution < 1.29 is 10.2 Å². The highest BCUT2D eigenvalue weighted by atomic mass is 19.3. The zero-order valence-corrected chi connectivity index (χ0v) is 8.69. The molecule has 2 atom stereocenters. The average Bonchev–Trinajstić information content (AvgIpc) is 2.99. The van der Waals surface area contributed by atoms with E-state index in [1.165, 1.54) is 0 Å². The van der Waals surface area contributed by atoms with Crippen molar-refractivity contribution >= 4 is 11.0 Å². The lowest BCUT2D eigenvalue weighted by Gasteiger charge is -2.01. The maximum absolute atomic E-state index is 12.6. The predicted molar refractivity (Wildman–Crippen MR) is 55.4 cm³/mol. The Labute approximate surface area is 92.5 Å². The first-order chi connectivity index (χ1) is 8.08. The summed E-state index contributed by atoms with van der Waals surface area (Å²) in [6, 6.07) is 1.58. The van der Waals surface area contributed by atoms with Crippen LogP contribution in [0.4, 0.5) is 8.78 Å². The summed E-state index contributed by atoms with van der Waals surface area (Å²) in [5.74, 6) is -0.714. The molecular formula is C11H11F2N3. The molecule has 0 N–H and O–H groups in total. The van der Waals surface area contributed by atoms with Gasteiger partial charge in [0.05, 0.1) is 7.57 Å². The van der Waals surface area contributed by atoms with Crippen LogP contribution in [-0.4, -0.2) is 21.2 Å². The third-order valence-corrected chi connectivity index (χ3v) is 3.17. The summed E-state index contributed by atoms with van der Waals surface area (Å²) in [5, 5.41) is 4.85. The van der Waals surface area contributed by atoms with Gasteiger partial charge < -0.3 is 0 Å². The van der Waals surface area contributed by atoms with E-state index in [0.29, 0.717) is 12.1 Å². The van der Waals surface area contributed by atoms with Gasteiger partial charge in [-0.05, 0) is 24.0 Å². The van der Waals surface area contributed by atoms with Crippen LogP contribution in [0.1, 0.15) is 19.3 Å². The standard InChI is InChI=1S/C11H11F2N3/c1-16-11-9(5-15-16)6(2-3-14-11)7-4-8(7)10(12)13/h2-3,5,7-8,10H,4H2,1H3/t7-,8+/m1/s1/i3D. The molecule has 0 spiro atoms. The van der Waals surface area contributed by atoms with E-state index >= 15 is 0 Å². The van der Waals surface area contributed by atoms with Gasteiger partial charge in [-0.2, -0.15) is 5.10 Å². The summed E-state index contributed by atoms with van der Waals surface area (Å²) in [6.07, 6.45) is -0.0478. The molecule has 2 aromatic heterocycles. The van der Waals surface area contributed by atoms with Gasteiger partial charge in [-0.3, -0.25) is 4.68 Å².